The summed E-state index contributed by atoms with van der Waals surface area (Å²) >= 11 is 0. The molecule has 0 spiro atoms. The minimum Gasteiger partial charge on any atom is -0.478 e. The molecular formula is C16H23N3O2. The SMILES string of the molecule is Nc1cccc(C(=O)O)c1N1CCN(C2CCCC2)CC1. The number of rotatable bonds is 3. The third-order valence-electron chi connectivity index (χ3n) is 4.77. The third-order valence-corrected chi connectivity index (χ3v) is 4.77. The predicted octanol–water partition coefficient (Wildman–Crippen LogP) is 2.03. The predicted molar refractivity (Wildman–Crippen MR) is 83.9 cm³/mol. The van der Waals surface area contributed by atoms with Crippen molar-refractivity contribution in [1.82, 2.24) is 4.90 Å². The van der Waals surface area contributed by atoms with Crippen LogP contribution in [0.3, 0.4) is 0 Å². The Labute approximate surface area is 125 Å². The number of nitrogens with zero attached hydrogens (tertiary/aromatic N) is 2. The number of carboxylic acids is 1. The van der Waals surface area contributed by atoms with E-state index >= 15 is 0 Å². The highest BCUT2D eigenvalue weighted by Crippen LogP contribution is 2.30. The van der Waals surface area contributed by atoms with E-state index in [1.54, 1.807) is 18.2 Å². The van der Waals surface area contributed by atoms with E-state index in [-0.39, 0.29) is 0 Å². The van der Waals surface area contributed by atoms with Gasteiger partial charge in [0.15, 0.2) is 0 Å². The summed E-state index contributed by atoms with van der Waals surface area (Å²) in [7, 11) is 0. The summed E-state index contributed by atoms with van der Waals surface area (Å²) in [6.07, 6.45) is 5.32. The molecule has 114 valence electrons. The number of hydrogen-bond donors (Lipinski definition) is 2. The van der Waals surface area contributed by atoms with Crippen molar-refractivity contribution >= 4 is 17.3 Å². The normalized spacial score (nSPS) is 20.9. The first-order valence-electron chi connectivity index (χ1n) is 7.77. The molecule has 1 aliphatic carbocycles. The zero-order valence-corrected chi connectivity index (χ0v) is 12.3. The first-order chi connectivity index (χ1) is 10.2. The van der Waals surface area contributed by atoms with Crippen molar-refractivity contribution in [1.29, 1.82) is 0 Å². The molecule has 1 aromatic carbocycles. The number of hydrogen-bond acceptors (Lipinski definition) is 4. The van der Waals surface area contributed by atoms with E-state index in [9.17, 15) is 9.90 Å². The minimum atomic E-state index is -0.907. The Balaban J connectivity index is 1.73. The average molecular weight is 289 g/mol. The van der Waals surface area contributed by atoms with Gasteiger partial charge in [0.2, 0.25) is 0 Å². The molecule has 3 N–H and O–H groups in total. The largest absolute Gasteiger partial charge is 0.478 e. The molecule has 1 aromatic rings. The second-order valence-corrected chi connectivity index (χ2v) is 6.01. The van der Waals surface area contributed by atoms with E-state index in [0.29, 0.717) is 16.9 Å². The van der Waals surface area contributed by atoms with Crippen molar-refractivity contribution in [3.05, 3.63) is 23.8 Å². The number of carboxylic acid groups (broad SMARTS) is 1. The number of benzene rings is 1. The van der Waals surface area contributed by atoms with E-state index in [2.05, 4.69) is 9.80 Å². The van der Waals surface area contributed by atoms with Gasteiger partial charge in [0, 0.05) is 32.2 Å². The fourth-order valence-electron chi connectivity index (χ4n) is 3.67. The standard InChI is InChI=1S/C16H23N3O2/c17-14-7-3-6-13(16(20)21)15(14)19-10-8-18(9-11-19)12-4-1-2-5-12/h3,6-7,12H,1-2,4-5,8-11,17H2,(H,20,21). The highest BCUT2D eigenvalue weighted by molar-refractivity contribution is 5.98. The van der Waals surface area contributed by atoms with Crippen LogP contribution in [0.1, 0.15) is 36.0 Å². The topological polar surface area (TPSA) is 69.8 Å². The van der Waals surface area contributed by atoms with E-state index in [4.69, 9.17) is 5.73 Å². The number of nitrogens with two attached hydrogens (primary N) is 1. The fraction of sp³-hybridized carbons (Fsp3) is 0.562. The molecule has 0 amide bonds. The van der Waals surface area contributed by atoms with Crippen LogP contribution in [0.5, 0.6) is 0 Å². The molecule has 5 heteroatoms. The average Bonchev–Trinajstić information content (AvgIpc) is 3.01. The van der Waals surface area contributed by atoms with Crippen molar-refractivity contribution in [2.45, 2.75) is 31.7 Å². The van der Waals surface area contributed by atoms with Crippen molar-refractivity contribution in [2.75, 3.05) is 36.8 Å². The van der Waals surface area contributed by atoms with Gasteiger partial charge in [0.25, 0.3) is 0 Å². The molecule has 21 heavy (non-hydrogen) atoms. The fourth-order valence-corrected chi connectivity index (χ4v) is 3.67. The maximum atomic E-state index is 11.4. The third kappa shape index (κ3) is 2.83. The first-order valence-corrected chi connectivity index (χ1v) is 7.77. The number of carbonyl (C=O) groups is 1. The van der Waals surface area contributed by atoms with Crippen LogP contribution in [0.4, 0.5) is 11.4 Å². The number of aromatic carboxylic acids is 1. The van der Waals surface area contributed by atoms with Gasteiger partial charge in [-0.05, 0) is 25.0 Å². The smallest absolute Gasteiger partial charge is 0.337 e. The van der Waals surface area contributed by atoms with Crippen molar-refractivity contribution in [2.24, 2.45) is 0 Å². The zero-order valence-electron chi connectivity index (χ0n) is 12.3. The maximum Gasteiger partial charge on any atom is 0.337 e. The second kappa shape index (κ2) is 5.93. The molecular weight excluding hydrogens is 266 g/mol. The highest BCUT2D eigenvalue weighted by atomic mass is 16.4. The Morgan fingerprint density at radius 1 is 1.14 bits per heavy atom. The molecule has 0 aromatic heterocycles. The Morgan fingerprint density at radius 2 is 1.81 bits per heavy atom. The van der Waals surface area contributed by atoms with E-state index in [1.807, 2.05) is 0 Å². The number of para-hydroxylation sites is 1. The monoisotopic (exact) mass is 289 g/mol. The number of nitrogen functional groups attached to an aromatic ring is 1. The van der Waals surface area contributed by atoms with E-state index < -0.39 is 5.97 Å². The van der Waals surface area contributed by atoms with Crippen LogP contribution in [-0.4, -0.2) is 48.2 Å². The molecule has 0 unspecified atom stereocenters. The lowest BCUT2D eigenvalue weighted by atomic mass is 10.1. The van der Waals surface area contributed by atoms with Gasteiger partial charge in [-0.1, -0.05) is 18.9 Å². The molecule has 1 saturated heterocycles. The summed E-state index contributed by atoms with van der Waals surface area (Å²) in [5.74, 6) is -0.907. The van der Waals surface area contributed by atoms with Crippen LogP contribution in [0, 0.1) is 0 Å². The van der Waals surface area contributed by atoms with Crippen LogP contribution in [0.2, 0.25) is 0 Å². The lowest BCUT2D eigenvalue weighted by Gasteiger charge is -2.39. The van der Waals surface area contributed by atoms with Crippen molar-refractivity contribution in [3.63, 3.8) is 0 Å². The van der Waals surface area contributed by atoms with Gasteiger partial charge in [-0.15, -0.1) is 0 Å². The minimum absolute atomic E-state index is 0.310. The summed E-state index contributed by atoms with van der Waals surface area (Å²) in [6.45, 7) is 3.70. The van der Waals surface area contributed by atoms with Gasteiger partial charge >= 0.3 is 5.97 Å². The Morgan fingerprint density at radius 3 is 2.43 bits per heavy atom. The van der Waals surface area contributed by atoms with Gasteiger partial charge in [0.05, 0.1) is 16.9 Å². The van der Waals surface area contributed by atoms with Gasteiger partial charge in [-0.25, -0.2) is 4.79 Å². The quantitative estimate of drug-likeness (QED) is 0.833. The summed E-state index contributed by atoms with van der Waals surface area (Å²) in [5.41, 5.74) is 7.59. The van der Waals surface area contributed by atoms with Crippen LogP contribution in [0.15, 0.2) is 18.2 Å². The van der Waals surface area contributed by atoms with Crippen molar-refractivity contribution in [3.8, 4) is 0 Å². The molecule has 5 nitrogen and oxygen atoms in total. The molecule has 3 rings (SSSR count). The maximum absolute atomic E-state index is 11.4. The van der Waals surface area contributed by atoms with Gasteiger partial charge < -0.3 is 15.7 Å². The Hall–Kier alpha value is -1.75. The van der Waals surface area contributed by atoms with Gasteiger partial charge in [-0.2, -0.15) is 0 Å². The first kappa shape index (κ1) is 14.2. The van der Waals surface area contributed by atoms with E-state index in [1.165, 1.54) is 25.7 Å². The number of anilines is 2. The summed E-state index contributed by atoms with van der Waals surface area (Å²) in [5, 5.41) is 9.35. The molecule has 1 aliphatic heterocycles. The Bertz CT molecular complexity index is 518. The molecule has 1 saturated carbocycles. The van der Waals surface area contributed by atoms with Crippen LogP contribution in [-0.2, 0) is 0 Å². The lowest BCUT2D eigenvalue weighted by Crippen LogP contribution is -2.50. The molecule has 0 atom stereocenters. The summed E-state index contributed by atoms with van der Waals surface area (Å²) in [4.78, 5) is 16.1. The van der Waals surface area contributed by atoms with Crippen LogP contribution < -0.4 is 10.6 Å². The molecule has 0 bridgehead atoms. The molecule has 2 aliphatic rings. The van der Waals surface area contributed by atoms with E-state index in [0.717, 1.165) is 32.2 Å². The zero-order chi connectivity index (χ0) is 14.8. The summed E-state index contributed by atoms with van der Waals surface area (Å²) < 4.78 is 0. The van der Waals surface area contributed by atoms with Crippen molar-refractivity contribution < 1.29 is 9.90 Å². The second-order valence-electron chi connectivity index (χ2n) is 6.01. The number of piperazine rings is 1. The van der Waals surface area contributed by atoms with Gasteiger partial charge in [-0.3, -0.25) is 4.90 Å². The van der Waals surface area contributed by atoms with Crippen LogP contribution in [0.25, 0.3) is 0 Å². The summed E-state index contributed by atoms with van der Waals surface area (Å²) in [6, 6.07) is 5.86. The molecule has 1 heterocycles. The lowest BCUT2D eigenvalue weighted by molar-refractivity contribution is 0.0697. The molecule has 2 fully saturated rings. The molecule has 0 radical (unpaired) electrons. The Kier molecular flexibility index (Phi) is 4.01. The van der Waals surface area contributed by atoms with Crippen LogP contribution >= 0.6 is 0 Å². The van der Waals surface area contributed by atoms with Gasteiger partial charge in [0.1, 0.15) is 0 Å². The highest BCUT2D eigenvalue weighted by Gasteiger charge is 2.28.